The second kappa shape index (κ2) is 6.30. The standard InChI is InChI=1S/C19H19BrN2O/c1-19(2,12-23)22-18-11-17(13-7-3-5-9-15(13)20)21-16-10-6-4-8-14(16)18/h3-11,23H,12H2,1-2H3,(H,21,22). The molecular formula is C19H19BrN2O. The van der Waals surface area contributed by atoms with Crippen LogP contribution in [0.3, 0.4) is 0 Å². The number of aliphatic hydroxyl groups excluding tert-OH is 1. The van der Waals surface area contributed by atoms with Gasteiger partial charge in [0.05, 0.1) is 23.4 Å². The Hall–Kier alpha value is -1.91. The van der Waals surface area contributed by atoms with Crippen molar-refractivity contribution in [2.24, 2.45) is 0 Å². The maximum atomic E-state index is 9.57. The van der Waals surface area contributed by atoms with E-state index in [-0.39, 0.29) is 6.61 Å². The highest BCUT2D eigenvalue weighted by Gasteiger charge is 2.18. The summed E-state index contributed by atoms with van der Waals surface area (Å²) in [7, 11) is 0. The highest BCUT2D eigenvalue weighted by molar-refractivity contribution is 9.10. The van der Waals surface area contributed by atoms with E-state index in [1.807, 2.05) is 68.4 Å². The summed E-state index contributed by atoms with van der Waals surface area (Å²) >= 11 is 3.60. The Kier molecular flexibility index (Phi) is 4.37. The van der Waals surface area contributed by atoms with Crippen LogP contribution in [0.5, 0.6) is 0 Å². The van der Waals surface area contributed by atoms with E-state index in [1.165, 1.54) is 0 Å². The van der Waals surface area contributed by atoms with E-state index in [0.29, 0.717) is 0 Å². The highest BCUT2D eigenvalue weighted by Crippen LogP contribution is 2.33. The molecule has 0 fully saturated rings. The second-order valence-corrected chi connectivity index (χ2v) is 7.07. The van der Waals surface area contributed by atoms with Gasteiger partial charge in [0.25, 0.3) is 0 Å². The van der Waals surface area contributed by atoms with Gasteiger partial charge in [-0.2, -0.15) is 0 Å². The van der Waals surface area contributed by atoms with E-state index in [1.54, 1.807) is 0 Å². The SMILES string of the molecule is CC(C)(CO)Nc1cc(-c2ccccc2Br)nc2ccccc12. The zero-order chi connectivity index (χ0) is 16.4. The Balaban J connectivity index is 2.20. The summed E-state index contributed by atoms with van der Waals surface area (Å²) in [6.07, 6.45) is 0. The van der Waals surface area contributed by atoms with Crippen LogP contribution in [0.2, 0.25) is 0 Å². The van der Waals surface area contributed by atoms with E-state index in [9.17, 15) is 5.11 Å². The molecule has 2 N–H and O–H groups in total. The normalized spacial score (nSPS) is 11.7. The number of halogens is 1. The summed E-state index contributed by atoms with van der Waals surface area (Å²) in [5.41, 5.74) is 3.43. The number of benzene rings is 2. The molecule has 23 heavy (non-hydrogen) atoms. The summed E-state index contributed by atoms with van der Waals surface area (Å²) < 4.78 is 1.01. The van der Waals surface area contributed by atoms with Gasteiger partial charge in [-0.15, -0.1) is 0 Å². The van der Waals surface area contributed by atoms with Crippen molar-refractivity contribution in [3.8, 4) is 11.3 Å². The van der Waals surface area contributed by atoms with Gasteiger partial charge in [0.2, 0.25) is 0 Å². The predicted octanol–water partition coefficient (Wildman–Crippen LogP) is 4.85. The summed E-state index contributed by atoms with van der Waals surface area (Å²) in [5, 5.41) is 14.1. The van der Waals surface area contributed by atoms with E-state index in [0.717, 1.165) is 32.3 Å². The molecule has 2 aromatic carbocycles. The fourth-order valence-corrected chi connectivity index (χ4v) is 2.98. The van der Waals surface area contributed by atoms with Crippen LogP contribution in [0.1, 0.15) is 13.8 Å². The van der Waals surface area contributed by atoms with Gasteiger partial charge < -0.3 is 10.4 Å². The van der Waals surface area contributed by atoms with Crippen LogP contribution in [-0.2, 0) is 0 Å². The van der Waals surface area contributed by atoms with Crippen molar-refractivity contribution in [3.63, 3.8) is 0 Å². The predicted molar refractivity (Wildman–Crippen MR) is 99.7 cm³/mol. The molecule has 0 unspecified atom stereocenters. The third-order valence-corrected chi connectivity index (χ3v) is 4.43. The fraction of sp³-hybridized carbons (Fsp3) is 0.211. The molecule has 118 valence electrons. The maximum Gasteiger partial charge on any atom is 0.0741 e. The molecule has 1 heterocycles. The lowest BCUT2D eigenvalue weighted by Gasteiger charge is -2.26. The number of pyridine rings is 1. The van der Waals surface area contributed by atoms with Crippen molar-refractivity contribution in [2.75, 3.05) is 11.9 Å². The number of aliphatic hydroxyl groups is 1. The first-order valence-corrected chi connectivity index (χ1v) is 8.33. The number of nitrogens with zero attached hydrogens (tertiary/aromatic N) is 1. The highest BCUT2D eigenvalue weighted by atomic mass is 79.9. The molecule has 4 heteroatoms. The minimum Gasteiger partial charge on any atom is -0.394 e. The van der Waals surface area contributed by atoms with Gasteiger partial charge in [-0.05, 0) is 32.0 Å². The fourth-order valence-electron chi connectivity index (χ4n) is 2.49. The van der Waals surface area contributed by atoms with Gasteiger partial charge in [-0.25, -0.2) is 4.98 Å². The van der Waals surface area contributed by atoms with Gasteiger partial charge >= 0.3 is 0 Å². The number of fused-ring (bicyclic) bond motifs is 1. The summed E-state index contributed by atoms with van der Waals surface area (Å²) in [6.45, 7) is 3.99. The largest absolute Gasteiger partial charge is 0.394 e. The summed E-state index contributed by atoms with van der Waals surface area (Å²) in [5.74, 6) is 0. The van der Waals surface area contributed by atoms with Crippen LogP contribution in [0.4, 0.5) is 5.69 Å². The van der Waals surface area contributed by atoms with E-state index < -0.39 is 5.54 Å². The quantitative estimate of drug-likeness (QED) is 0.689. The Bertz CT molecular complexity index is 846. The van der Waals surface area contributed by atoms with E-state index >= 15 is 0 Å². The number of nitrogens with one attached hydrogen (secondary N) is 1. The first-order chi connectivity index (χ1) is 11.0. The Labute approximate surface area is 144 Å². The average molecular weight is 371 g/mol. The van der Waals surface area contributed by atoms with Gasteiger partial charge in [0, 0.05) is 21.1 Å². The zero-order valence-electron chi connectivity index (χ0n) is 13.2. The van der Waals surface area contributed by atoms with Crippen LogP contribution in [-0.4, -0.2) is 22.2 Å². The number of hydrogen-bond donors (Lipinski definition) is 2. The van der Waals surface area contributed by atoms with Crippen molar-refractivity contribution in [1.82, 2.24) is 4.98 Å². The molecule has 0 aliphatic carbocycles. The number of rotatable bonds is 4. The summed E-state index contributed by atoms with van der Waals surface area (Å²) in [4.78, 5) is 4.79. The van der Waals surface area contributed by atoms with Crippen molar-refractivity contribution in [3.05, 3.63) is 59.1 Å². The average Bonchev–Trinajstić information content (AvgIpc) is 2.55. The minimum atomic E-state index is -0.407. The van der Waals surface area contributed by atoms with Crippen molar-refractivity contribution < 1.29 is 5.11 Å². The molecule has 1 aromatic heterocycles. The Morgan fingerprint density at radius 3 is 2.52 bits per heavy atom. The third kappa shape index (κ3) is 3.38. The van der Waals surface area contributed by atoms with Gasteiger partial charge in [0.1, 0.15) is 0 Å². The third-order valence-electron chi connectivity index (χ3n) is 3.73. The zero-order valence-corrected chi connectivity index (χ0v) is 14.8. The maximum absolute atomic E-state index is 9.57. The Morgan fingerprint density at radius 1 is 1.09 bits per heavy atom. The first kappa shape index (κ1) is 16.0. The van der Waals surface area contributed by atoms with Crippen molar-refractivity contribution in [2.45, 2.75) is 19.4 Å². The number of aromatic nitrogens is 1. The van der Waals surface area contributed by atoms with E-state index in [4.69, 9.17) is 4.98 Å². The van der Waals surface area contributed by atoms with Gasteiger partial charge in [0.15, 0.2) is 0 Å². The van der Waals surface area contributed by atoms with Crippen molar-refractivity contribution >= 4 is 32.5 Å². The molecule has 0 bridgehead atoms. The molecule has 3 nitrogen and oxygen atoms in total. The molecule has 3 aromatic rings. The van der Waals surface area contributed by atoms with Crippen LogP contribution in [0.25, 0.3) is 22.2 Å². The van der Waals surface area contributed by atoms with Gasteiger partial charge in [-0.1, -0.05) is 52.3 Å². The lowest BCUT2D eigenvalue weighted by atomic mass is 10.0. The van der Waals surface area contributed by atoms with Crippen LogP contribution in [0.15, 0.2) is 59.1 Å². The molecular weight excluding hydrogens is 352 g/mol. The van der Waals surface area contributed by atoms with E-state index in [2.05, 4.69) is 21.2 Å². The molecule has 0 atom stereocenters. The van der Waals surface area contributed by atoms with Crippen LogP contribution in [0, 0.1) is 0 Å². The van der Waals surface area contributed by atoms with Gasteiger partial charge in [-0.3, -0.25) is 0 Å². The summed E-state index contributed by atoms with van der Waals surface area (Å²) in [6, 6.07) is 18.1. The molecule has 0 saturated heterocycles. The first-order valence-electron chi connectivity index (χ1n) is 7.54. The monoisotopic (exact) mass is 370 g/mol. The topological polar surface area (TPSA) is 45.1 Å². The lowest BCUT2D eigenvalue weighted by molar-refractivity contribution is 0.234. The lowest BCUT2D eigenvalue weighted by Crippen LogP contribution is -2.35. The smallest absolute Gasteiger partial charge is 0.0741 e. The molecule has 3 rings (SSSR count). The van der Waals surface area contributed by atoms with Crippen molar-refractivity contribution in [1.29, 1.82) is 0 Å². The molecule has 0 spiro atoms. The van der Waals surface area contributed by atoms with Crippen LogP contribution >= 0.6 is 15.9 Å². The molecule has 0 aliphatic heterocycles. The Morgan fingerprint density at radius 2 is 1.78 bits per heavy atom. The molecule has 0 radical (unpaired) electrons. The van der Waals surface area contributed by atoms with Crippen LogP contribution < -0.4 is 5.32 Å². The molecule has 0 aliphatic rings. The number of para-hydroxylation sites is 1. The number of hydrogen-bond acceptors (Lipinski definition) is 3. The second-order valence-electron chi connectivity index (χ2n) is 6.22. The molecule has 0 amide bonds. The number of anilines is 1. The molecule has 0 saturated carbocycles. The minimum absolute atomic E-state index is 0.0496.